The molecule has 0 unspecified atom stereocenters. The Kier molecular flexibility index (Phi) is 4.89. The van der Waals surface area contributed by atoms with Crippen LogP contribution < -0.4 is 0 Å². The molecule has 0 spiro atoms. The molecule has 0 N–H and O–H groups in total. The molecule has 0 aliphatic carbocycles. The van der Waals surface area contributed by atoms with Crippen molar-refractivity contribution in [2.45, 2.75) is 0 Å². The lowest BCUT2D eigenvalue weighted by atomic mass is 10.7. The third-order valence-electron chi connectivity index (χ3n) is 0.636. The normalized spacial score (nSPS) is 7.50. The van der Waals surface area contributed by atoms with Crippen molar-refractivity contribution in [1.82, 2.24) is 0 Å². The van der Waals surface area contributed by atoms with Crippen LogP contribution in [0.4, 0.5) is 0 Å². The van der Waals surface area contributed by atoms with Crippen LogP contribution in [0.2, 0.25) is 0 Å². The summed E-state index contributed by atoms with van der Waals surface area (Å²) < 4.78 is 8.96. The fourth-order valence-electron chi connectivity index (χ4n) is 0.291. The summed E-state index contributed by atoms with van der Waals surface area (Å²) in [7, 11) is 0. The maximum Gasteiger partial charge on any atom is 0.345 e. The molecule has 0 rings (SSSR count). The first kappa shape index (κ1) is 8.57. The molecule has 54 valence electrons. The largest absolute Gasteiger partial charge is 0.490 e. The van der Waals surface area contributed by atoms with Gasteiger partial charge in [-0.2, -0.15) is 0 Å². The van der Waals surface area contributed by atoms with Gasteiger partial charge in [-0.15, -0.1) is 6.42 Å². The van der Waals surface area contributed by atoms with Crippen molar-refractivity contribution in [2.24, 2.45) is 0 Å². The minimum absolute atomic E-state index is 0.0145. The third kappa shape index (κ3) is 4.72. The van der Waals surface area contributed by atoms with Crippen LogP contribution in [0.15, 0.2) is 12.8 Å². The monoisotopic (exact) mass is 140 g/mol. The van der Waals surface area contributed by atoms with E-state index in [9.17, 15) is 4.79 Å². The fourth-order valence-corrected chi connectivity index (χ4v) is 0.291. The second kappa shape index (κ2) is 5.70. The predicted octanol–water partition coefficient (Wildman–Crippen LogP) is 0.323. The average molecular weight is 140 g/mol. The predicted molar refractivity (Wildman–Crippen MR) is 35.9 cm³/mol. The van der Waals surface area contributed by atoms with Gasteiger partial charge in [0, 0.05) is 0 Å². The summed E-state index contributed by atoms with van der Waals surface area (Å²) in [5.41, 5.74) is 0. The van der Waals surface area contributed by atoms with E-state index in [1.165, 1.54) is 0 Å². The number of terminal acetylenes is 1. The minimum atomic E-state index is -0.488. The Hall–Kier alpha value is -1.43. The van der Waals surface area contributed by atoms with Gasteiger partial charge in [0.05, 0.1) is 6.26 Å². The molecule has 0 aromatic carbocycles. The zero-order valence-corrected chi connectivity index (χ0v) is 5.50. The molecule has 0 aliphatic heterocycles. The zero-order chi connectivity index (χ0) is 7.82. The lowest BCUT2D eigenvalue weighted by molar-refractivity contribution is -0.145. The van der Waals surface area contributed by atoms with Crippen molar-refractivity contribution in [3.63, 3.8) is 0 Å². The van der Waals surface area contributed by atoms with Crippen LogP contribution >= 0.6 is 0 Å². The van der Waals surface area contributed by atoms with E-state index in [0.29, 0.717) is 0 Å². The molecule has 0 aromatic heterocycles. The van der Waals surface area contributed by atoms with Gasteiger partial charge in [0.25, 0.3) is 0 Å². The first-order valence-corrected chi connectivity index (χ1v) is 2.63. The van der Waals surface area contributed by atoms with Crippen LogP contribution in [-0.4, -0.2) is 19.2 Å². The molecule has 0 saturated heterocycles. The van der Waals surface area contributed by atoms with Crippen LogP contribution in [0.3, 0.4) is 0 Å². The van der Waals surface area contributed by atoms with Gasteiger partial charge in [0.15, 0.2) is 13.2 Å². The lowest BCUT2D eigenvalue weighted by Gasteiger charge is -1.98. The van der Waals surface area contributed by atoms with Crippen LogP contribution in [-0.2, 0) is 14.3 Å². The highest BCUT2D eigenvalue weighted by Crippen LogP contribution is 1.79. The topological polar surface area (TPSA) is 35.5 Å². The Morgan fingerprint density at radius 3 is 3.00 bits per heavy atom. The maximum atomic E-state index is 10.5. The number of carbonyl (C=O) groups is 1. The average Bonchev–Trinajstić information content (AvgIpc) is 1.97. The van der Waals surface area contributed by atoms with E-state index in [2.05, 4.69) is 22.0 Å². The Bertz CT molecular complexity index is 155. The standard InChI is InChI=1S/C7H8O3/c1-3-5-10-7(8)6-9-4-2/h1,4H,2,5-6H2. The van der Waals surface area contributed by atoms with E-state index in [1.54, 1.807) is 0 Å². The number of ether oxygens (including phenoxy) is 2. The quantitative estimate of drug-likeness (QED) is 0.320. The summed E-state index contributed by atoms with van der Waals surface area (Å²) >= 11 is 0. The van der Waals surface area contributed by atoms with E-state index < -0.39 is 5.97 Å². The first-order valence-electron chi connectivity index (χ1n) is 2.63. The number of hydrogen-bond donors (Lipinski definition) is 0. The van der Waals surface area contributed by atoms with Gasteiger partial charge < -0.3 is 9.47 Å². The van der Waals surface area contributed by atoms with Gasteiger partial charge in [0.2, 0.25) is 0 Å². The van der Waals surface area contributed by atoms with Gasteiger partial charge in [-0.25, -0.2) is 4.79 Å². The van der Waals surface area contributed by atoms with Crippen molar-refractivity contribution < 1.29 is 14.3 Å². The Balaban J connectivity index is 3.27. The van der Waals surface area contributed by atoms with E-state index in [-0.39, 0.29) is 13.2 Å². The molecule has 0 aliphatic rings. The highest BCUT2D eigenvalue weighted by molar-refractivity contribution is 5.70. The molecule has 0 atom stereocenters. The first-order chi connectivity index (χ1) is 4.81. The van der Waals surface area contributed by atoms with Crippen LogP contribution in [0.5, 0.6) is 0 Å². The molecule has 0 saturated carbocycles. The van der Waals surface area contributed by atoms with Gasteiger partial charge >= 0.3 is 5.97 Å². The summed E-state index contributed by atoms with van der Waals surface area (Å²) in [5.74, 6) is 1.66. The van der Waals surface area contributed by atoms with Crippen molar-refractivity contribution >= 4 is 5.97 Å². The van der Waals surface area contributed by atoms with Crippen molar-refractivity contribution in [3.05, 3.63) is 12.8 Å². The second-order valence-corrected chi connectivity index (χ2v) is 1.34. The summed E-state index contributed by atoms with van der Waals surface area (Å²) in [4.78, 5) is 10.5. The zero-order valence-electron chi connectivity index (χ0n) is 5.50. The molecule has 10 heavy (non-hydrogen) atoms. The summed E-state index contributed by atoms with van der Waals surface area (Å²) in [6.07, 6.45) is 5.98. The molecular formula is C7H8O3. The van der Waals surface area contributed by atoms with Crippen LogP contribution in [0.25, 0.3) is 0 Å². The van der Waals surface area contributed by atoms with Crippen LogP contribution in [0, 0.1) is 12.3 Å². The highest BCUT2D eigenvalue weighted by atomic mass is 16.6. The number of carbonyl (C=O) groups excluding carboxylic acids is 1. The van der Waals surface area contributed by atoms with E-state index >= 15 is 0 Å². The maximum absolute atomic E-state index is 10.5. The second-order valence-electron chi connectivity index (χ2n) is 1.34. The van der Waals surface area contributed by atoms with Crippen molar-refractivity contribution in [2.75, 3.05) is 13.2 Å². The van der Waals surface area contributed by atoms with E-state index in [0.717, 1.165) is 6.26 Å². The lowest BCUT2D eigenvalue weighted by Crippen LogP contribution is -2.10. The molecule has 0 radical (unpaired) electrons. The Labute approximate surface area is 59.6 Å². The number of rotatable bonds is 4. The summed E-state index contributed by atoms with van der Waals surface area (Å²) in [6, 6.07) is 0. The number of esters is 1. The molecular weight excluding hydrogens is 132 g/mol. The van der Waals surface area contributed by atoms with E-state index in [4.69, 9.17) is 6.42 Å². The van der Waals surface area contributed by atoms with Crippen molar-refractivity contribution in [1.29, 1.82) is 0 Å². The molecule has 0 fully saturated rings. The van der Waals surface area contributed by atoms with Gasteiger partial charge in [-0.1, -0.05) is 12.5 Å². The van der Waals surface area contributed by atoms with E-state index in [1.807, 2.05) is 0 Å². The number of hydrogen-bond acceptors (Lipinski definition) is 3. The molecule has 0 bridgehead atoms. The summed E-state index contributed by atoms with van der Waals surface area (Å²) in [5, 5.41) is 0. The third-order valence-corrected chi connectivity index (χ3v) is 0.636. The Morgan fingerprint density at radius 2 is 2.50 bits per heavy atom. The highest BCUT2D eigenvalue weighted by Gasteiger charge is 1.98. The van der Waals surface area contributed by atoms with Gasteiger partial charge in [0.1, 0.15) is 0 Å². The van der Waals surface area contributed by atoms with Crippen LogP contribution in [0.1, 0.15) is 0 Å². The minimum Gasteiger partial charge on any atom is -0.490 e. The van der Waals surface area contributed by atoms with Crippen molar-refractivity contribution in [3.8, 4) is 12.3 Å². The fraction of sp³-hybridized carbons (Fsp3) is 0.286. The SMILES string of the molecule is C#CCOC(=O)COC=C. The molecule has 3 heteroatoms. The summed E-state index contributed by atoms with van der Waals surface area (Å²) in [6.45, 7) is 3.09. The molecule has 3 nitrogen and oxygen atoms in total. The smallest absolute Gasteiger partial charge is 0.345 e. The molecule has 0 heterocycles. The molecule has 0 amide bonds. The Morgan fingerprint density at radius 1 is 1.80 bits per heavy atom. The molecule has 0 aromatic rings. The van der Waals surface area contributed by atoms with Gasteiger partial charge in [-0.05, 0) is 0 Å². The van der Waals surface area contributed by atoms with Gasteiger partial charge in [-0.3, -0.25) is 0 Å².